The molecule has 0 spiro atoms. The molecule has 11 heteroatoms. The first kappa shape index (κ1) is 34.4. The molecular formula is C30H30N6S4Zn. The number of benzene rings is 2. The van der Waals surface area contributed by atoms with Crippen molar-refractivity contribution in [1.29, 1.82) is 0 Å². The molecule has 2 heterocycles. The molecule has 0 aliphatic heterocycles. The molecule has 0 fully saturated rings. The van der Waals surface area contributed by atoms with Gasteiger partial charge in [0.05, 0.1) is 11.4 Å². The molecule has 0 atom stereocenters. The maximum absolute atomic E-state index is 4.33. The average Bonchev–Trinajstić information content (AvgIpc) is 3.02. The first-order valence-corrected chi connectivity index (χ1v) is 15.2. The van der Waals surface area contributed by atoms with Gasteiger partial charge in [-0.3, -0.25) is 9.97 Å². The Labute approximate surface area is 274 Å². The molecular weight excluding hydrogens is 638 g/mol. The molecule has 206 valence electrons. The second kappa shape index (κ2) is 20.1. The second-order valence-electron chi connectivity index (χ2n) is 8.11. The monoisotopic (exact) mass is 666 g/mol. The number of hydrogen-bond donors (Lipinski definition) is 0. The van der Waals surface area contributed by atoms with Crippen LogP contribution < -0.4 is 0 Å². The van der Waals surface area contributed by atoms with Crippen molar-refractivity contribution in [2.45, 2.75) is 25.4 Å². The Morgan fingerprint density at radius 2 is 0.976 bits per heavy atom. The van der Waals surface area contributed by atoms with Gasteiger partial charge in [0.25, 0.3) is 0 Å². The van der Waals surface area contributed by atoms with Gasteiger partial charge < -0.3 is 21.1 Å². The molecule has 41 heavy (non-hydrogen) atoms. The van der Waals surface area contributed by atoms with E-state index in [1.54, 1.807) is 35.9 Å². The first-order chi connectivity index (χ1) is 19.5. The summed E-state index contributed by atoms with van der Waals surface area (Å²) in [4.78, 5) is 8.44. The summed E-state index contributed by atoms with van der Waals surface area (Å²) in [5.74, 6) is 1.67. The molecule has 0 N–H and O–H groups in total. The van der Waals surface area contributed by atoms with E-state index in [0.29, 0.717) is 8.64 Å². The SMILES string of the molecule is CC(=N[N-]C(=[SH+])SCc1ccccc1)c1ccccn1.CC(=N[N-]C(=[SH+])SCc1ccccc1)c1ccccn1.[Zn]. The van der Waals surface area contributed by atoms with Crippen LogP contribution >= 0.6 is 23.5 Å². The molecule has 4 aromatic rings. The van der Waals surface area contributed by atoms with E-state index in [2.05, 4.69) is 79.7 Å². The van der Waals surface area contributed by atoms with E-state index in [0.717, 1.165) is 34.3 Å². The largest absolute Gasteiger partial charge is 0.519 e. The molecule has 0 aliphatic carbocycles. The zero-order valence-corrected chi connectivity index (χ0v) is 29.3. The number of aromatic nitrogens is 2. The van der Waals surface area contributed by atoms with Gasteiger partial charge in [-0.25, -0.2) is 0 Å². The zero-order chi connectivity index (χ0) is 28.4. The Morgan fingerprint density at radius 1 is 0.610 bits per heavy atom. The minimum atomic E-state index is 0. The van der Waals surface area contributed by atoms with E-state index < -0.39 is 0 Å². The van der Waals surface area contributed by atoms with Crippen molar-refractivity contribution in [1.82, 2.24) is 9.97 Å². The van der Waals surface area contributed by atoms with Gasteiger partial charge in [-0.2, -0.15) is 0 Å². The van der Waals surface area contributed by atoms with Gasteiger partial charge in [0.1, 0.15) is 0 Å². The Bertz CT molecular complexity index is 1280. The zero-order valence-electron chi connectivity index (χ0n) is 22.9. The van der Waals surface area contributed by atoms with Crippen molar-refractivity contribution in [3.8, 4) is 0 Å². The summed E-state index contributed by atoms with van der Waals surface area (Å²) in [6, 6.07) is 31.8. The summed E-state index contributed by atoms with van der Waals surface area (Å²) in [5, 5.41) is 8.30. The number of rotatable bonds is 8. The van der Waals surface area contributed by atoms with Crippen LogP contribution in [0.3, 0.4) is 0 Å². The summed E-state index contributed by atoms with van der Waals surface area (Å²) < 4.78 is 1.29. The van der Waals surface area contributed by atoms with Gasteiger partial charge in [-0.1, -0.05) is 96.3 Å². The predicted molar refractivity (Wildman–Crippen MR) is 183 cm³/mol. The van der Waals surface area contributed by atoms with E-state index in [1.807, 2.05) is 86.6 Å². The topological polar surface area (TPSA) is 78.7 Å². The first-order valence-electron chi connectivity index (χ1n) is 12.3. The van der Waals surface area contributed by atoms with Gasteiger partial charge in [0.15, 0.2) is 33.1 Å². The number of nitrogens with zero attached hydrogens (tertiary/aromatic N) is 6. The van der Waals surface area contributed by atoms with Crippen LogP contribution in [0.2, 0.25) is 0 Å². The van der Waals surface area contributed by atoms with Gasteiger partial charge >= 0.3 is 0 Å². The van der Waals surface area contributed by atoms with E-state index in [4.69, 9.17) is 0 Å². The normalized spacial score (nSPS) is 10.9. The third-order valence-electron chi connectivity index (χ3n) is 5.06. The Morgan fingerprint density at radius 3 is 1.32 bits per heavy atom. The quantitative estimate of drug-likeness (QED) is 0.0509. The van der Waals surface area contributed by atoms with Crippen molar-refractivity contribution < 1.29 is 19.5 Å². The molecule has 0 saturated carbocycles. The van der Waals surface area contributed by atoms with Crippen LogP contribution in [0.5, 0.6) is 0 Å². The summed E-state index contributed by atoms with van der Waals surface area (Å²) in [5.41, 5.74) is 13.9. The third kappa shape index (κ3) is 14.1. The van der Waals surface area contributed by atoms with Crippen LogP contribution in [0.1, 0.15) is 36.4 Å². The molecule has 0 unspecified atom stereocenters. The van der Waals surface area contributed by atoms with Crippen LogP contribution in [0.25, 0.3) is 10.9 Å². The van der Waals surface area contributed by atoms with Gasteiger partial charge in [0, 0.05) is 54.8 Å². The fourth-order valence-corrected chi connectivity index (χ4v) is 4.64. The van der Waals surface area contributed by atoms with Crippen molar-refractivity contribution in [3.63, 3.8) is 0 Å². The van der Waals surface area contributed by atoms with E-state index in [9.17, 15) is 0 Å². The van der Waals surface area contributed by atoms with Crippen molar-refractivity contribution in [3.05, 3.63) is 143 Å². The summed E-state index contributed by atoms with van der Waals surface area (Å²) in [6.45, 7) is 3.77. The van der Waals surface area contributed by atoms with Crippen LogP contribution in [-0.2, 0) is 55.4 Å². The Balaban J connectivity index is 0.000000280. The molecule has 0 amide bonds. The second-order valence-corrected chi connectivity index (χ2v) is 11.5. The fourth-order valence-electron chi connectivity index (χ4n) is 2.99. The van der Waals surface area contributed by atoms with Crippen molar-refractivity contribution >= 4 is 68.0 Å². The van der Waals surface area contributed by atoms with Crippen LogP contribution in [0.4, 0.5) is 0 Å². The Hall–Kier alpha value is -2.82. The minimum Gasteiger partial charge on any atom is -0.519 e. The maximum Gasteiger partial charge on any atom is 0.175 e. The standard InChI is InChI=1S/2C15H15N3S2.Zn/c2*1-12(14-9-5-6-10-16-14)17-18-15(19)20-11-13-7-3-2-4-8-13;/h2*2-10H,11H2,1H3,(H,16,18,19);. The average molecular weight is 668 g/mol. The number of thiol groups is 2. The van der Waals surface area contributed by atoms with Crippen LogP contribution in [0.15, 0.2) is 120 Å². The van der Waals surface area contributed by atoms with Gasteiger partial charge in [-0.15, -0.1) is 0 Å². The third-order valence-corrected chi connectivity index (χ3v) is 7.65. The van der Waals surface area contributed by atoms with Crippen LogP contribution in [-0.4, -0.2) is 30.0 Å². The molecule has 6 nitrogen and oxygen atoms in total. The van der Waals surface area contributed by atoms with Crippen LogP contribution in [0, 0.1) is 0 Å². The van der Waals surface area contributed by atoms with Gasteiger partial charge in [0.2, 0.25) is 0 Å². The molecule has 2 aromatic carbocycles. The molecule has 4 rings (SSSR count). The number of hydrogen-bond acceptors (Lipinski definition) is 6. The van der Waals surface area contributed by atoms with Gasteiger partial charge in [-0.05, 0) is 49.2 Å². The van der Waals surface area contributed by atoms with E-state index in [-0.39, 0.29) is 19.5 Å². The molecule has 2 aromatic heterocycles. The smallest absolute Gasteiger partial charge is 0.175 e. The van der Waals surface area contributed by atoms with E-state index in [1.165, 1.54) is 11.1 Å². The number of pyridine rings is 2. The summed E-state index contributed by atoms with van der Waals surface area (Å²) in [6.07, 6.45) is 3.48. The molecule has 0 bridgehead atoms. The van der Waals surface area contributed by atoms with E-state index >= 15 is 0 Å². The molecule has 0 saturated heterocycles. The Kier molecular flexibility index (Phi) is 16.9. The fraction of sp³-hybridized carbons (Fsp3) is 0.133. The molecule has 0 aliphatic rings. The maximum atomic E-state index is 4.33. The number of thioether (sulfide) groups is 2. The van der Waals surface area contributed by atoms with Crippen molar-refractivity contribution in [2.24, 2.45) is 10.2 Å². The summed E-state index contributed by atoms with van der Waals surface area (Å²) >= 11 is 11.8. The minimum absolute atomic E-state index is 0. The van der Waals surface area contributed by atoms with Crippen molar-refractivity contribution in [2.75, 3.05) is 0 Å². The summed E-state index contributed by atoms with van der Waals surface area (Å²) in [7, 11) is 0. The molecule has 0 radical (unpaired) electrons. The predicted octanol–water partition coefficient (Wildman–Crippen LogP) is 6.96.